The molecule has 112 valence electrons. The van der Waals surface area contributed by atoms with Crippen LogP contribution in [-0.2, 0) is 6.42 Å². The molecule has 20 heavy (non-hydrogen) atoms. The van der Waals surface area contributed by atoms with Gasteiger partial charge in [0.05, 0.1) is 7.11 Å². The third-order valence-corrected chi connectivity index (χ3v) is 5.48. The lowest BCUT2D eigenvalue weighted by Gasteiger charge is -2.29. The molecule has 0 amide bonds. The van der Waals surface area contributed by atoms with Gasteiger partial charge in [0.25, 0.3) is 0 Å². The van der Waals surface area contributed by atoms with E-state index in [1.54, 1.807) is 7.11 Å². The maximum atomic E-state index is 6.71. The number of halogens is 1. The van der Waals surface area contributed by atoms with Crippen LogP contribution in [-0.4, -0.2) is 12.6 Å². The summed E-state index contributed by atoms with van der Waals surface area (Å²) in [6.45, 7) is 2.30. The van der Waals surface area contributed by atoms with Crippen LogP contribution < -0.4 is 10.5 Å². The van der Waals surface area contributed by atoms with Crippen LogP contribution >= 0.6 is 15.9 Å². The minimum Gasteiger partial charge on any atom is -0.497 e. The average molecular weight is 340 g/mol. The van der Waals surface area contributed by atoms with E-state index in [-0.39, 0.29) is 5.54 Å². The molecule has 1 aromatic carbocycles. The summed E-state index contributed by atoms with van der Waals surface area (Å²) >= 11 is 3.64. The van der Waals surface area contributed by atoms with Crippen LogP contribution in [0.5, 0.6) is 5.75 Å². The van der Waals surface area contributed by atoms with Gasteiger partial charge in [-0.25, -0.2) is 0 Å². The monoisotopic (exact) mass is 339 g/mol. The van der Waals surface area contributed by atoms with Gasteiger partial charge in [-0.2, -0.15) is 0 Å². The summed E-state index contributed by atoms with van der Waals surface area (Å²) in [6.07, 6.45) is 8.36. The molecule has 1 aromatic rings. The summed E-state index contributed by atoms with van der Waals surface area (Å²) < 4.78 is 6.47. The fraction of sp³-hybridized carbons (Fsp3) is 0.647. The molecule has 2 N–H and O–H groups in total. The third-order valence-electron chi connectivity index (χ3n) is 4.71. The van der Waals surface area contributed by atoms with E-state index >= 15 is 0 Å². The Hall–Kier alpha value is -0.540. The molecule has 3 heteroatoms. The quantitative estimate of drug-likeness (QED) is 0.807. The summed E-state index contributed by atoms with van der Waals surface area (Å²) in [6, 6.07) is 6.15. The highest BCUT2D eigenvalue weighted by atomic mass is 79.9. The van der Waals surface area contributed by atoms with Gasteiger partial charge in [-0.3, -0.25) is 0 Å². The normalized spacial score (nSPS) is 27.1. The van der Waals surface area contributed by atoms with Crippen molar-refractivity contribution in [3.05, 3.63) is 28.2 Å². The maximum absolute atomic E-state index is 6.71. The first kappa shape index (κ1) is 15.8. The Morgan fingerprint density at radius 2 is 2.15 bits per heavy atom. The largest absolute Gasteiger partial charge is 0.497 e. The van der Waals surface area contributed by atoms with E-state index in [1.807, 2.05) is 6.07 Å². The van der Waals surface area contributed by atoms with Crippen LogP contribution in [0, 0.1) is 5.92 Å². The van der Waals surface area contributed by atoms with Gasteiger partial charge in [0.15, 0.2) is 0 Å². The second-order valence-electron chi connectivity index (χ2n) is 6.20. The summed E-state index contributed by atoms with van der Waals surface area (Å²) in [7, 11) is 1.71. The molecule has 1 aliphatic carbocycles. The molecule has 1 saturated carbocycles. The van der Waals surface area contributed by atoms with Crippen LogP contribution in [0.3, 0.4) is 0 Å². The molecule has 0 heterocycles. The number of hydrogen-bond acceptors (Lipinski definition) is 2. The first-order chi connectivity index (χ1) is 9.56. The van der Waals surface area contributed by atoms with Crippen molar-refractivity contribution in [3.63, 3.8) is 0 Å². The molecular formula is C17H26BrNO. The van der Waals surface area contributed by atoms with Crippen LogP contribution in [0.15, 0.2) is 22.7 Å². The Labute approximate surface area is 131 Å². The Morgan fingerprint density at radius 3 is 2.85 bits per heavy atom. The van der Waals surface area contributed by atoms with E-state index in [2.05, 4.69) is 35.0 Å². The van der Waals surface area contributed by atoms with Crippen molar-refractivity contribution in [2.24, 2.45) is 11.7 Å². The molecule has 0 saturated heterocycles. The molecule has 2 unspecified atom stereocenters. The molecular weight excluding hydrogens is 314 g/mol. The van der Waals surface area contributed by atoms with Gasteiger partial charge in [0.1, 0.15) is 5.75 Å². The Balaban J connectivity index is 2.11. The fourth-order valence-corrected chi connectivity index (χ4v) is 3.67. The minimum atomic E-state index is -0.0567. The Morgan fingerprint density at radius 1 is 1.35 bits per heavy atom. The standard InChI is InChI=1S/C17H26BrNO/c1-3-13-5-4-9-17(19,10-8-13)12-14-11-15(20-2)6-7-16(14)18/h6-7,11,13H,3-5,8-10,12,19H2,1-2H3. The van der Waals surface area contributed by atoms with E-state index in [0.29, 0.717) is 0 Å². The van der Waals surface area contributed by atoms with Crippen molar-refractivity contribution >= 4 is 15.9 Å². The second kappa shape index (κ2) is 6.95. The van der Waals surface area contributed by atoms with E-state index in [1.165, 1.54) is 31.2 Å². The van der Waals surface area contributed by atoms with Gasteiger partial charge in [-0.15, -0.1) is 0 Å². The van der Waals surface area contributed by atoms with E-state index in [0.717, 1.165) is 35.4 Å². The van der Waals surface area contributed by atoms with Crippen molar-refractivity contribution in [3.8, 4) is 5.75 Å². The first-order valence-corrected chi connectivity index (χ1v) is 8.47. The summed E-state index contributed by atoms with van der Waals surface area (Å²) in [5.41, 5.74) is 7.92. The predicted octanol–water partition coefficient (Wildman–Crippen LogP) is 4.69. The van der Waals surface area contributed by atoms with Crippen molar-refractivity contribution in [2.45, 2.75) is 57.4 Å². The Bertz CT molecular complexity index is 449. The third kappa shape index (κ3) is 3.98. The molecule has 2 rings (SSSR count). The lowest BCUT2D eigenvalue weighted by atomic mass is 9.84. The molecule has 1 aliphatic rings. The summed E-state index contributed by atoms with van der Waals surface area (Å²) in [5, 5.41) is 0. The van der Waals surface area contributed by atoms with Gasteiger partial charge >= 0.3 is 0 Å². The van der Waals surface area contributed by atoms with E-state index in [9.17, 15) is 0 Å². The van der Waals surface area contributed by atoms with Gasteiger partial charge in [-0.1, -0.05) is 42.1 Å². The van der Waals surface area contributed by atoms with Gasteiger partial charge in [-0.05, 0) is 55.4 Å². The van der Waals surface area contributed by atoms with Gasteiger partial charge in [0.2, 0.25) is 0 Å². The van der Waals surface area contributed by atoms with Crippen molar-refractivity contribution < 1.29 is 4.74 Å². The van der Waals surface area contributed by atoms with Gasteiger partial charge < -0.3 is 10.5 Å². The zero-order valence-electron chi connectivity index (χ0n) is 12.6. The minimum absolute atomic E-state index is 0.0567. The predicted molar refractivity (Wildman–Crippen MR) is 88.2 cm³/mol. The Kier molecular flexibility index (Phi) is 5.50. The highest BCUT2D eigenvalue weighted by Gasteiger charge is 2.29. The summed E-state index contributed by atoms with van der Waals surface area (Å²) in [4.78, 5) is 0. The number of nitrogens with two attached hydrogens (primary N) is 1. The van der Waals surface area contributed by atoms with E-state index < -0.39 is 0 Å². The topological polar surface area (TPSA) is 35.2 Å². The molecule has 0 radical (unpaired) electrons. The van der Waals surface area contributed by atoms with Crippen molar-refractivity contribution in [2.75, 3.05) is 7.11 Å². The van der Waals surface area contributed by atoms with Crippen molar-refractivity contribution in [1.29, 1.82) is 0 Å². The van der Waals surface area contributed by atoms with Crippen LogP contribution in [0.2, 0.25) is 0 Å². The number of ether oxygens (including phenoxy) is 1. The molecule has 0 aliphatic heterocycles. The molecule has 0 bridgehead atoms. The second-order valence-corrected chi connectivity index (χ2v) is 7.06. The SMILES string of the molecule is CCC1CCCC(N)(Cc2cc(OC)ccc2Br)CC1. The lowest BCUT2D eigenvalue weighted by Crippen LogP contribution is -2.41. The first-order valence-electron chi connectivity index (χ1n) is 7.67. The zero-order valence-corrected chi connectivity index (χ0v) is 14.2. The van der Waals surface area contributed by atoms with Crippen LogP contribution in [0.25, 0.3) is 0 Å². The lowest BCUT2D eigenvalue weighted by molar-refractivity contribution is 0.356. The summed E-state index contributed by atoms with van der Waals surface area (Å²) in [5.74, 6) is 1.78. The number of benzene rings is 1. The smallest absolute Gasteiger partial charge is 0.119 e. The number of rotatable bonds is 4. The molecule has 0 aromatic heterocycles. The number of methoxy groups -OCH3 is 1. The van der Waals surface area contributed by atoms with Gasteiger partial charge in [0, 0.05) is 10.0 Å². The molecule has 0 spiro atoms. The number of hydrogen-bond donors (Lipinski definition) is 1. The zero-order chi connectivity index (χ0) is 14.6. The molecule has 1 fully saturated rings. The molecule has 2 atom stereocenters. The fourth-order valence-electron chi connectivity index (χ4n) is 3.28. The van der Waals surface area contributed by atoms with Crippen molar-refractivity contribution in [1.82, 2.24) is 0 Å². The molecule has 2 nitrogen and oxygen atoms in total. The van der Waals surface area contributed by atoms with E-state index in [4.69, 9.17) is 10.5 Å². The highest BCUT2D eigenvalue weighted by molar-refractivity contribution is 9.10. The maximum Gasteiger partial charge on any atom is 0.119 e. The van der Waals surface area contributed by atoms with Crippen LogP contribution in [0.4, 0.5) is 0 Å². The average Bonchev–Trinajstić information content (AvgIpc) is 2.63. The van der Waals surface area contributed by atoms with Crippen LogP contribution in [0.1, 0.15) is 51.0 Å². The highest BCUT2D eigenvalue weighted by Crippen LogP contribution is 2.34.